The van der Waals surface area contributed by atoms with Gasteiger partial charge in [0.15, 0.2) is 0 Å². The van der Waals surface area contributed by atoms with Crippen LogP contribution in [0, 0.1) is 5.82 Å². The second-order valence-electron chi connectivity index (χ2n) is 6.21. The Morgan fingerprint density at radius 1 is 1.04 bits per heavy atom. The van der Waals surface area contributed by atoms with Crippen molar-refractivity contribution >= 4 is 5.91 Å². The van der Waals surface area contributed by atoms with Gasteiger partial charge in [0.05, 0.1) is 17.8 Å². The van der Waals surface area contributed by atoms with Crippen LogP contribution < -0.4 is 0 Å². The van der Waals surface area contributed by atoms with E-state index in [4.69, 9.17) is 4.74 Å². The first-order valence-corrected chi connectivity index (χ1v) is 7.96. The minimum Gasteiger partial charge on any atom is -0.365 e. The number of benzene rings is 2. The summed E-state index contributed by atoms with van der Waals surface area (Å²) in [5.74, 6) is -0.690. The van der Waals surface area contributed by atoms with Gasteiger partial charge in [0.25, 0.3) is 5.91 Å². The summed E-state index contributed by atoms with van der Waals surface area (Å²) < 4.78 is 19.9. The molecular formula is C19H18FNO2. The molecule has 0 N–H and O–H groups in total. The zero-order valence-electron chi connectivity index (χ0n) is 12.8. The molecule has 0 aromatic heterocycles. The van der Waals surface area contributed by atoms with E-state index in [1.54, 1.807) is 23.1 Å². The summed E-state index contributed by atoms with van der Waals surface area (Å²) in [6.07, 6.45) is 1.51. The standard InChI is InChI=1S/C19H18FNO2/c20-17-8-4-2-6-15(17)18(22)21-11-9-19(10-12-21)16-7-3-1-5-14(16)13-23-19/h1-8H,9-13H2. The number of fused-ring (bicyclic) bond motifs is 2. The highest BCUT2D eigenvalue weighted by molar-refractivity contribution is 5.94. The molecule has 0 atom stereocenters. The Balaban J connectivity index is 1.52. The third-order valence-corrected chi connectivity index (χ3v) is 4.97. The van der Waals surface area contributed by atoms with E-state index < -0.39 is 5.82 Å². The smallest absolute Gasteiger partial charge is 0.256 e. The number of piperidine rings is 1. The van der Waals surface area contributed by atoms with Gasteiger partial charge in [0.2, 0.25) is 0 Å². The van der Waals surface area contributed by atoms with Crippen molar-refractivity contribution in [2.24, 2.45) is 0 Å². The molecule has 1 fully saturated rings. The largest absolute Gasteiger partial charge is 0.365 e. The molecule has 4 heteroatoms. The van der Waals surface area contributed by atoms with Crippen LogP contribution in [0.3, 0.4) is 0 Å². The van der Waals surface area contributed by atoms with Crippen LogP contribution >= 0.6 is 0 Å². The maximum absolute atomic E-state index is 13.8. The van der Waals surface area contributed by atoms with Crippen molar-refractivity contribution in [1.82, 2.24) is 4.90 Å². The summed E-state index contributed by atoms with van der Waals surface area (Å²) in [5.41, 5.74) is 2.36. The van der Waals surface area contributed by atoms with Crippen molar-refractivity contribution < 1.29 is 13.9 Å². The average molecular weight is 311 g/mol. The van der Waals surface area contributed by atoms with Gasteiger partial charge in [-0.15, -0.1) is 0 Å². The topological polar surface area (TPSA) is 29.5 Å². The Kier molecular flexibility index (Phi) is 3.42. The normalized spacial score (nSPS) is 18.9. The number of hydrogen-bond donors (Lipinski definition) is 0. The molecule has 3 nitrogen and oxygen atoms in total. The molecule has 0 bridgehead atoms. The number of carbonyl (C=O) groups is 1. The highest BCUT2D eigenvalue weighted by Crippen LogP contribution is 2.44. The molecule has 2 heterocycles. The summed E-state index contributed by atoms with van der Waals surface area (Å²) in [6, 6.07) is 14.4. The molecule has 4 rings (SSSR count). The molecule has 2 aliphatic rings. The predicted octanol–water partition coefficient (Wildman–Crippen LogP) is 3.49. The Hall–Kier alpha value is -2.20. The maximum Gasteiger partial charge on any atom is 0.256 e. The summed E-state index contributed by atoms with van der Waals surface area (Å²) in [4.78, 5) is 14.2. The number of halogens is 1. The monoisotopic (exact) mass is 311 g/mol. The van der Waals surface area contributed by atoms with Crippen molar-refractivity contribution in [3.8, 4) is 0 Å². The highest BCUT2D eigenvalue weighted by atomic mass is 19.1. The van der Waals surface area contributed by atoms with Gasteiger partial charge in [-0.3, -0.25) is 4.79 Å². The fraction of sp³-hybridized carbons (Fsp3) is 0.316. The molecule has 118 valence electrons. The van der Waals surface area contributed by atoms with Crippen LogP contribution in [0.2, 0.25) is 0 Å². The van der Waals surface area contributed by atoms with E-state index in [-0.39, 0.29) is 17.1 Å². The Labute approximate surface area is 134 Å². The number of carbonyl (C=O) groups excluding carboxylic acids is 1. The van der Waals surface area contributed by atoms with E-state index in [1.165, 1.54) is 17.2 Å². The van der Waals surface area contributed by atoms with Gasteiger partial charge in [-0.25, -0.2) is 4.39 Å². The van der Waals surface area contributed by atoms with Crippen molar-refractivity contribution in [3.05, 3.63) is 71.0 Å². The van der Waals surface area contributed by atoms with Gasteiger partial charge in [0, 0.05) is 13.1 Å². The Morgan fingerprint density at radius 3 is 2.52 bits per heavy atom. The summed E-state index contributed by atoms with van der Waals surface area (Å²) in [7, 11) is 0. The fourth-order valence-electron chi connectivity index (χ4n) is 3.67. The molecule has 23 heavy (non-hydrogen) atoms. The number of nitrogens with zero attached hydrogens (tertiary/aromatic N) is 1. The highest BCUT2D eigenvalue weighted by Gasteiger charge is 2.43. The minimum absolute atomic E-state index is 0.149. The first kappa shape index (κ1) is 14.4. The lowest BCUT2D eigenvalue weighted by Gasteiger charge is -2.39. The van der Waals surface area contributed by atoms with Crippen LogP contribution in [0.5, 0.6) is 0 Å². The first-order valence-electron chi connectivity index (χ1n) is 7.96. The van der Waals surface area contributed by atoms with Gasteiger partial charge in [0.1, 0.15) is 5.82 Å². The summed E-state index contributed by atoms with van der Waals surface area (Å²) in [5, 5.41) is 0. The number of ether oxygens (including phenoxy) is 1. The van der Waals surface area contributed by atoms with E-state index in [1.807, 2.05) is 12.1 Å². The van der Waals surface area contributed by atoms with E-state index in [2.05, 4.69) is 12.1 Å². The number of amides is 1. The van der Waals surface area contributed by atoms with Crippen molar-refractivity contribution in [3.63, 3.8) is 0 Å². The van der Waals surface area contributed by atoms with Crippen LogP contribution in [0.4, 0.5) is 4.39 Å². The van der Waals surface area contributed by atoms with Gasteiger partial charge in [-0.05, 0) is 36.1 Å². The minimum atomic E-state index is -0.458. The molecule has 2 aromatic rings. The summed E-state index contributed by atoms with van der Waals surface area (Å²) >= 11 is 0. The second kappa shape index (κ2) is 5.46. The molecule has 1 amide bonds. The molecular weight excluding hydrogens is 293 g/mol. The van der Waals surface area contributed by atoms with Gasteiger partial charge in [-0.1, -0.05) is 36.4 Å². The molecule has 1 saturated heterocycles. The van der Waals surface area contributed by atoms with Gasteiger partial charge < -0.3 is 9.64 Å². The Morgan fingerprint density at radius 2 is 1.74 bits per heavy atom. The van der Waals surface area contributed by atoms with E-state index in [0.29, 0.717) is 19.7 Å². The molecule has 2 aliphatic heterocycles. The number of rotatable bonds is 1. The predicted molar refractivity (Wildman–Crippen MR) is 84.4 cm³/mol. The lowest BCUT2D eigenvalue weighted by molar-refractivity contribution is -0.0742. The van der Waals surface area contributed by atoms with Gasteiger partial charge >= 0.3 is 0 Å². The lowest BCUT2D eigenvalue weighted by Crippen LogP contribution is -2.45. The molecule has 1 spiro atoms. The van der Waals surface area contributed by atoms with E-state index in [9.17, 15) is 9.18 Å². The lowest BCUT2D eigenvalue weighted by atomic mass is 9.83. The van der Waals surface area contributed by atoms with Crippen molar-refractivity contribution in [2.45, 2.75) is 25.0 Å². The van der Waals surface area contributed by atoms with E-state index >= 15 is 0 Å². The van der Waals surface area contributed by atoms with E-state index in [0.717, 1.165) is 12.8 Å². The summed E-state index contributed by atoms with van der Waals surface area (Å²) in [6.45, 7) is 1.81. The SMILES string of the molecule is O=C(c1ccccc1F)N1CCC2(CC1)OCc1ccccc12. The first-order chi connectivity index (χ1) is 11.2. The van der Waals surface area contributed by atoms with Crippen LogP contribution in [-0.2, 0) is 16.9 Å². The van der Waals surface area contributed by atoms with Crippen LogP contribution in [0.15, 0.2) is 48.5 Å². The van der Waals surface area contributed by atoms with Crippen LogP contribution in [0.1, 0.15) is 34.3 Å². The van der Waals surface area contributed by atoms with Crippen molar-refractivity contribution in [1.29, 1.82) is 0 Å². The molecule has 0 aliphatic carbocycles. The Bertz CT molecular complexity index is 751. The zero-order valence-corrected chi connectivity index (χ0v) is 12.8. The maximum atomic E-state index is 13.8. The van der Waals surface area contributed by atoms with Crippen molar-refractivity contribution in [2.75, 3.05) is 13.1 Å². The molecule has 0 unspecified atom stereocenters. The zero-order chi connectivity index (χ0) is 15.9. The van der Waals surface area contributed by atoms with Gasteiger partial charge in [-0.2, -0.15) is 0 Å². The molecule has 0 saturated carbocycles. The second-order valence-corrected chi connectivity index (χ2v) is 6.21. The third kappa shape index (κ3) is 2.34. The van der Waals surface area contributed by atoms with Crippen LogP contribution in [0.25, 0.3) is 0 Å². The number of likely N-dealkylation sites (tertiary alicyclic amines) is 1. The third-order valence-electron chi connectivity index (χ3n) is 4.97. The van der Waals surface area contributed by atoms with Crippen LogP contribution in [-0.4, -0.2) is 23.9 Å². The number of hydrogen-bond acceptors (Lipinski definition) is 2. The quantitative estimate of drug-likeness (QED) is 0.807. The molecule has 0 radical (unpaired) electrons. The fourth-order valence-corrected chi connectivity index (χ4v) is 3.67. The molecule has 2 aromatic carbocycles. The average Bonchev–Trinajstić information content (AvgIpc) is 2.94.